The molecule has 0 aliphatic carbocycles. The number of hydrogen-bond donors (Lipinski definition) is 0. The zero-order valence-corrected chi connectivity index (χ0v) is 25.3. The molecule has 0 N–H and O–H groups in total. The van der Waals surface area contributed by atoms with Crippen molar-refractivity contribution < 1.29 is 14.3 Å². The third-order valence-corrected chi connectivity index (χ3v) is 7.72. The molecule has 0 fully saturated rings. The Morgan fingerprint density at radius 3 is 2.31 bits per heavy atom. The van der Waals surface area contributed by atoms with Crippen molar-refractivity contribution in [2.45, 2.75) is 64.8 Å². The number of nitrogens with zero attached hydrogens (tertiary/aromatic N) is 3. The molecule has 7 nitrogen and oxygen atoms in total. The molecule has 0 saturated heterocycles. The molecule has 0 saturated carbocycles. The molecule has 42 heavy (non-hydrogen) atoms. The first kappa shape index (κ1) is 31.0. The molecule has 0 aliphatic heterocycles. The number of benzene rings is 3. The van der Waals surface area contributed by atoms with Crippen molar-refractivity contribution in [3.63, 3.8) is 0 Å². The first-order chi connectivity index (χ1) is 20.5. The minimum Gasteiger partial charge on any atom is -0.497 e. The molecule has 4 aromatic rings. The van der Waals surface area contributed by atoms with Crippen LogP contribution in [0, 0.1) is 0 Å². The van der Waals surface area contributed by atoms with Gasteiger partial charge in [0, 0.05) is 25.8 Å². The Balaban J connectivity index is 1.77. The molecule has 1 unspecified atom stereocenters. The lowest BCUT2D eigenvalue weighted by Gasteiger charge is -2.32. The molecular weight excluding hydrogens is 526 g/mol. The van der Waals surface area contributed by atoms with Crippen LogP contribution in [0.3, 0.4) is 0 Å². The van der Waals surface area contributed by atoms with Gasteiger partial charge in [0.15, 0.2) is 0 Å². The molecule has 0 radical (unpaired) electrons. The molecule has 0 bridgehead atoms. The minimum absolute atomic E-state index is 0.0841. The lowest BCUT2D eigenvalue weighted by Crippen LogP contribution is -2.39. The number of amides is 1. The van der Waals surface area contributed by atoms with Crippen LogP contribution in [0.2, 0.25) is 0 Å². The van der Waals surface area contributed by atoms with Crippen LogP contribution >= 0.6 is 0 Å². The van der Waals surface area contributed by atoms with Crippen LogP contribution in [0.15, 0.2) is 77.6 Å². The summed E-state index contributed by atoms with van der Waals surface area (Å²) in [6.07, 6.45) is 7.08. The Labute approximate surface area is 249 Å². The summed E-state index contributed by atoms with van der Waals surface area (Å²) in [5.74, 6) is 1.14. The van der Waals surface area contributed by atoms with E-state index in [1.807, 2.05) is 66.4 Å². The van der Waals surface area contributed by atoms with Crippen molar-refractivity contribution in [1.29, 1.82) is 0 Å². The van der Waals surface area contributed by atoms with Gasteiger partial charge in [0.05, 0.1) is 29.7 Å². The Bertz CT molecular complexity index is 1500. The molecule has 0 aliphatic rings. The Morgan fingerprint density at radius 1 is 0.905 bits per heavy atom. The van der Waals surface area contributed by atoms with Crippen LogP contribution < -0.4 is 10.3 Å². The van der Waals surface area contributed by atoms with E-state index in [9.17, 15) is 9.59 Å². The number of methoxy groups -OCH3 is 2. The number of unbranched alkanes of at least 4 members (excludes halogenated alkanes) is 3. The standard InChI is InChI=1S/C35H43N3O4/c1-5-7-8-9-13-26-16-18-27(19-17-26)34(39)37(24-12-25-41-3)32(6-2)33-36-31-15-11-10-14-30(31)35(40)38(33)28-20-22-29(42-4)23-21-28/h10-11,14-23,32H,5-9,12-13,24-25H2,1-4H3. The number of aromatic nitrogens is 2. The fourth-order valence-corrected chi connectivity index (χ4v) is 5.41. The quantitative estimate of drug-likeness (QED) is 0.142. The highest BCUT2D eigenvalue weighted by atomic mass is 16.5. The number of carbonyl (C=O) groups excluding carboxylic acids is 1. The average molecular weight is 570 g/mol. The molecule has 1 atom stereocenters. The van der Waals surface area contributed by atoms with Gasteiger partial charge in [-0.2, -0.15) is 0 Å². The van der Waals surface area contributed by atoms with E-state index in [0.717, 1.165) is 12.8 Å². The van der Waals surface area contributed by atoms with Crippen LogP contribution in [-0.4, -0.2) is 47.7 Å². The van der Waals surface area contributed by atoms with E-state index in [1.54, 1.807) is 24.9 Å². The van der Waals surface area contributed by atoms with E-state index >= 15 is 0 Å². The predicted octanol–water partition coefficient (Wildman–Crippen LogP) is 7.15. The fraction of sp³-hybridized carbons (Fsp3) is 0.400. The van der Waals surface area contributed by atoms with Gasteiger partial charge in [-0.1, -0.05) is 57.4 Å². The van der Waals surface area contributed by atoms with Gasteiger partial charge in [-0.25, -0.2) is 4.98 Å². The van der Waals surface area contributed by atoms with Gasteiger partial charge in [-0.15, -0.1) is 0 Å². The molecule has 1 heterocycles. The maximum atomic E-state index is 14.2. The van der Waals surface area contributed by atoms with Crippen molar-refractivity contribution in [2.24, 2.45) is 0 Å². The monoisotopic (exact) mass is 569 g/mol. The summed E-state index contributed by atoms with van der Waals surface area (Å²) >= 11 is 0. The smallest absolute Gasteiger partial charge is 0.266 e. The van der Waals surface area contributed by atoms with E-state index in [4.69, 9.17) is 14.5 Å². The number of rotatable bonds is 15. The normalized spacial score (nSPS) is 11.9. The van der Waals surface area contributed by atoms with Gasteiger partial charge in [0.2, 0.25) is 0 Å². The summed E-state index contributed by atoms with van der Waals surface area (Å²) in [7, 11) is 3.27. The second-order valence-corrected chi connectivity index (χ2v) is 10.6. The van der Waals surface area contributed by atoms with Crippen molar-refractivity contribution in [1.82, 2.24) is 14.5 Å². The number of fused-ring (bicyclic) bond motifs is 1. The summed E-state index contributed by atoms with van der Waals surface area (Å²) in [6, 6.07) is 22.3. The molecule has 7 heteroatoms. The van der Waals surface area contributed by atoms with E-state index in [0.29, 0.717) is 59.7 Å². The summed E-state index contributed by atoms with van der Waals surface area (Å²) in [4.78, 5) is 35.0. The zero-order valence-electron chi connectivity index (χ0n) is 25.3. The van der Waals surface area contributed by atoms with Gasteiger partial charge in [-0.3, -0.25) is 14.2 Å². The molecular formula is C35H43N3O4. The third kappa shape index (κ3) is 7.26. The maximum Gasteiger partial charge on any atom is 0.266 e. The summed E-state index contributed by atoms with van der Waals surface area (Å²) in [5, 5.41) is 0.527. The average Bonchev–Trinajstić information content (AvgIpc) is 3.03. The Morgan fingerprint density at radius 2 is 1.64 bits per heavy atom. The van der Waals surface area contributed by atoms with Crippen LogP contribution in [0.5, 0.6) is 5.75 Å². The lowest BCUT2D eigenvalue weighted by molar-refractivity contribution is 0.0634. The SMILES string of the molecule is CCCCCCc1ccc(C(=O)N(CCCOC)C(CC)c2nc3ccccc3c(=O)n2-c2ccc(OC)cc2)cc1. The second-order valence-electron chi connectivity index (χ2n) is 10.6. The molecule has 222 valence electrons. The van der Waals surface area contributed by atoms with Gasteiger partial charge >= 0.3 is 0 Å². The van der Waals surface area contributed by atoms with Gasteiger partial charge < -0.3 is 14.4 Å². The Hall–Kier alpha value is -3.97. The topological polar surface area (TPSA) is 73.7 Å². The third-order valence-electron chi connectivity index (χ3n) is 7.72. The summed E-state index contributed by atoms with van der Waals surface area (Å²) < 4.78 is 12.3. The predicted molar refractivity (Wildman–Crippen MR) is 169 cm³/mol. The van der Waals surface area contributed by atoms with Crippen LogP contribution in [0.4, 0.5) is 0 Å². The molecule has 3 aromatic carbocycles. The highest BCUT2D eigenvalue weighted by molar-refractivity contribution is 5.94. The zero-order chi connectivity index (χ0) is 29.9. The largest absolute Gasteiger partial charge is 0.497 e. The van der Waals surface area contributed by atoms with Gasteiger partial charge in [0.25, 0.3) is 11.5 Å². The van der Waals surface area contributed by atoms with Crippen molar-refractivity contribution in [3.8, 4) is 11.4 Å². The van der Waals surface area contributed by atoms with E-state index in [1.165, 1.54) is 24.8 Å². The van der Waals surface area contributed by atoms with Gasteiger partial charge in [-0.05, 0) is 79.8 Å². The number of aryl methyl sites for hydroxylation is 1. The van der Waals surface area contributed by atoms with Crippen molar-refractivity contribution in [3.05, 3.63) is 100 Å². The number of carbonyl (C=O) groups is 1. The van der Waals surface area contributed by atoms with E-state index in [-0.39, 0.29) is 11.5 Å². The number of ether oxygens (including phenoxy) is 2. The first-order valence-corrected chi connectivity index (χ1v) is 15.1. The highest BCUT2D eigenvalue weighted by Gasteiger charge is 2.29. The highest BCUT2D eigenvalue weighted by Crippen LogP contribution is 2.28. The Kier molecular flexibility index (Phi) is 11.3. The number of hydrogen-bond acceptors (Lipinski definition) is 5. The molecule has 4 rings (SSSR count). The lowest BCUT2D eigenvalue weighted by atomic mass is 10.0. The maximum absolute atomic E-state index is 14.2. The second kappa shape index (κ2) is 15.3. The van der Waals surface area contributed by atoms with E-state index < -0.39 is 6.04 Å². The van der Waals surface area contributed by atoms with Crippen molar-refractivity contribution >= 4 is 16.8 Å². The van der Waals surface area contributed by atoms with Crippen LogP contribution in [0.25, 0.3) is 16.6 Å². The molecule has 1 aromatic heterocycles. The van der Waals surface area contributed by atoms with E-state index in [2.05, 4.69) is 19.1 Å². The summed E-state index contributed by atoms with van der Waals surface area (Å²) in [6.45, 7) is 5.23. The first-order valence-electron chi connectivity index (χ1n) is 15.1. The minimum atomic E-state index is -0.442. The van der Waals surface area contributed by atoms with Crippen LogP contribution in [-0.2, 0) is 11.2 Å². The summed E-state index contributed by atoms with van der Waals surface area (Å²) in [5.41, 5.74) is 2.98. The van der Waals surface area contributed by atoms with Crippen LogP contribution in [0.1, 0.15) is 80.2 Å². The molecule has 1 amide bonds. The van der Waals surface area contributed by atoms with Crippen molar-refractivity contribution in [2.75, 3.05) is 27.4 Å². The van der Waals surface area contributed by atoms with Gasteiger partial charge in [0.1, 0.15) is 11.6 Å². The number of para-hydroxylation sites is 1. The fourth-order valence-electron chi connectivity index (χ4n) is 5.41. The molecule has 0 spiro atoms.